The predicted octanol–water partition coefficient (Wildman–Crippen LogP) is 4.80. The molecule has 0 aliphatic rings. The van der Waals surface area contributed by atoms with Gasteiger partial charge in [-0.2, -0.15) is 8.78 Å². The Kier molecular flexibility index (Phi) is 7.52. The summed E-state index contributed by atoms with van der Waals surface area (Å²) < 4.78 is 40.7. The fourth-order valence-corrected chi connectivity index (χ4v) is 3.46. The molecule has 1 aromatic heterocycles. The Bertz CT molecular complexity index is 1000. The molecule has 1 amide bonds. The van der Waals surface area contributed by atoms with Crippen molar-refractivity contribution in [3.05, 3.63) is 42.5 Å². The molecule has 1 heterocycles. The zero-order valence-electron chi connectivity index (χ0n) is 15.9. The number of nitrogens with zero attached hydrogens (tertiary/aromatic N) is 2. The van der Waals surface area contributed by atoms with Gasteiger partial charge < -0.3 is 19.2 Å². The molecule has 0 unspecified atom stereocenters. The van der Waals surface area contributed by atoms with E-state index in [-0.39, 0.29) is 22.8 Å². The average Bonchev–Trinajstić information content (AvgIpc) is 3.22. The van der Waals surface area contributed by atoms with Crippen LogP contribution in [0.3, 0.4) is 0 Å². The van der Waals surface area contributed by atoms with Gasteiger partial charge in [0, 0.05) is 16.1 Å². The van der Waals surface area contributed by atoms with Gasteiger partial charge in [-0.25, -0.2) is 0 Å². The van der Waals surface area contributed by atoms with Crippen molar-refractivity contribution in [1.29, 1.82) is 0 Å². The van der Waals surface area contributed by atoms with E-state index in [2.05, 4.69) is 15.5 Å². The monoisotopic (exact) mass is 453 g/mol. The van der Waals surface area contributed by atoms with Crippen LogP contribution in [-0.4, -0.2) is 41.8 Å². The molecule has 0 saturated heterocycles. The topological polar surface area (TPSA) is 86.5 Å². The second-order valence-corrected chi connectivity index (χ2v) is 7.67. The summed E-state index contributed by atoms with van der Waals surface area (Å²) in [6.07, 6.45) is 0. The summed E-state index contributed by atoms with van der Waals surface area (Å²) >= 11 is 1.53. The van der Waals surface area contributed by atoms with E-state index < -0.39 is 5.76 Å². The number of methoxy groups -OCH3 is 2. The van der Waals surface area contributed by atoms with Gasteiger partial charge in [0.1, 0.15) is 0 Å². The molecule has 0 bridgehead atoms. The van der Waals surface area contributed by atoms with Crippen molar-refractivity contribution in [1.82, 2.24) is 10.2 Å². The standard InChI is InChI=1S/C19H17F2N3O4S2/c1-26-14-8-3-11(9-15(14)27-2)17-23-24-19(28-17)29-10-16(25)22-12-4-6-13(7-5-12)30-18(20)21/h3-9,18H,10H2,1-2H3,(H,22,25). The van der Waals surface area contributed by atoms with Gasteiger partial charge in [0.05, 0.1) is 20.0 Å². The van der Waals surface area contributed by atoms with Crippen LogP contribution in [0.25, 0.3) is 11.5 Å². The number of anilines is 1. The zero-order valence-corrected chi connectivity index (χ0v) is 17.6. The summed E-state index contributed by atoms with van der Waals surface area (Å²) in [7, 11) is 3.07. The number of halogens is 2. The first kappa shape index (κ1) is 21.9. The number of benzene rings is 2. The third-order valence-corrected chi connectivity index (χ3v) is 5.27. The highest BCUT2D eigenvalue weighted by Gasteiger charge is 2.14. The number of carbonyl (C=O) groups excluding carboxylic acids is 1. The van der Waals surface area contributed by atoms with Gasteiger partial charge in [0.2, 0.25) is 11.8 Å². The number of thioether (sulfide) groups is 2. The maximum absolute atomic E-state index is 12.3. The second-order valence-electron chi connectivity index (χ2n) is 5.68. The van der Waals surface area contributed by atoms with Gasteiger partial charge in [-0.15, -0.1) is 10.2 Å². The normalized spacial score (nSPS) is 10.8. The smallest absolute Gasteiger partial charge is 0.288 e. The molecule has 2 aromatic carbocycles. The van der Waals surface area contributed by atoms with Crippen LogP contribution in [0.1, 0.15) is 0 Å². The van der Waals surface area contributed by atoms with Gasteiger partial charge in [0.25, 0.3) is 11.0 Å². The van der Waals surface area contributed by atoms with E-state index in [1.807, 2.05) is 0 Å². The lowest BCUT2D eigenvalue weighted by molar-refractivity contribution is -0.113. The van der Waals surface area contributed by atoms with Gasteiger partial charge >= 0.3 is 0 Å². The van der Waals surface area contributed by atoms with Gasteiger partial charge in [-0.3, -0.25) is 4.79 Å². The largest absolute Gasteiger partial charge is 0.493 e. The lowest BCUT2D eigenvalue weighted by Crippen LogP contribution is -2.13. The lowest BCUT2D eigenvalue weighted by Gasteiger charge is -2.07. The van der Waals surface area contributed by atoms with Crippen molar-refractivity contribution in [2.24, 2.45) is 0 Å². The number of hydrogen-bond donors (Lipinski definition) is 1. The van der Waals surface area contributed by atoms with Gasteiger partial charge in [-0.05, 0) is 42.5 Å². The summed E-state index contributed by atoms with van der Waals surface area (Å²) in [6.45, 7) is 0. The predicted molar refractivity (Wildman–Crippen MR) is 110 cm³/mol. The number of ether oxygens (including phenoxy) is 2. The molecule has 0 saturated carbocycles. The Morgan fingerprint density at radius 1 is 1.10 bits per heavy atom. The van der Waals surface area contributed by atoms with E-state index in [9.17, 15) is 13.6 Å². The minimum Gasteiger partial charge on any atom is -0.493 e. The van der Waals surface area contributed by atoms with E-state index >= 15 is 0 Å². The Hall–Kier alpha value is -2.79. The number of carbonyl (C=O) groups is 1. The molecule has 0 aliphatic heterocycles. The summed E-state index contributed by atoms with van der Waals surface area (Å²) in [5, 5.41) is 10.8. The third kappa shape index (κ3) is 5.86. The van der Waals surface area contributed by atoms with E-state index in [0.717, 1.165) is 11.8 Å². The molecule has 30 heavy (non-hydrogen) atoms. The molecule has 3 aromatic rings. The van der Waals surface area contributed by atoms with Crippen LogP contribution >= 0.6 is 23.5 Å². The summed E-state index contributed by atoms with van der Waals surface area (Å²) in [5.41, 5.74) is 1.16. The Morgan fingerprint density at radius 2 is 1.83 bits per heavy atom. The van der Waals surface area contributed by atoms with E-state index in [1.54, 1.807) is 37.4 Å². The van der Waals surface area contributed by atoms with Crippen LogP contribution in [0.5, 0.6) is 11.5 Å². The molecule has 1 N–H and O–H groups in total. The fourth-order valence-electron chi connectivity index (χ4n) is 2.40. The maximum Gasteiger partial charge on any atom is 0.288 e. The number of aromatic nitrogens is 2. The molecular weight excluding hydrogens is 436 g/mol. The number of hydrogen-bond acceptors (Lipinski definition) is 8. The number of nitrogens with one attached hydrogen (secondary N) is 1. The summed E-state index contributed by atoms with van der Waals surface area (Å²) in [5.74, 6) is -1.35. The molecule has 0 fully saturated rings. The lowest BCUT2D eigenvalue weighted by atomic mass is 10.2. The maximum atomic E-state index is 12.3. The third-order valence-electron chi connectivity index (χ3n) is 3.73. The van der Waals surface area contributed by atoms with E-state index in [0.29, 0.717) is 39.4 Å². The number of rotatable bonds is 9. The summed E-state index contributed by atoms with van der Waals surface area (Å²) in [4.78, 5) is 12.5. The van der Waals surface area contributed by atoms with Crippen molar-refractivity contribution < 1.29 is 27.5 Å². The van der Waals surface area contributed by atoms with Crippen LogP contribution < -0.4 is 14.8 Å². The highest BCUT2D eigenvalue weighted by Crippen LogP contribution is 2.32. The van der Waals surface area contributed by atoms with Gasteiger partial charge in [-0.1, -0.05) is 23.5 Å². The molecule has 0 radical (unpaired) electrons. The highest BCUT2D eigenvalue weighted by molar-refractivity contribution is 7.99. The second kappa shape index (κ2) is 10.3. The van der Waals surface area contributed by atoms with Crippen molar-refractivity contribution in [3.63, 3.8) is 0 Å². The molecule has 158 valence electrons. The SMILES string of the molecule is COc1ccc(-c2nnc(SCC(=O)Nc3ccc(SC(F)F)cc3)o2)cc1OC. The summed E-state index contributed by atoms with van der Waals surface area (Å²) in [6, 6.07) is 11.4. The molecule has 0 aliphatic carbocycles. The first-order valence-electron chi connectivity index (χ1n) is 8.52. The van der Waals surface area contributed by atoms with Crippen LogP contribution in [-0.2, 0) is 4.79 Å². The van der Waals surface area contributed by atoms with Crippen molar-refractivity contribution in [2.75, 3.05) is 25.3 Å². The van der Waals surface area contributed by atoms with Crippen LogP contribution in [0.15, 0.2) is 57.0 Å². The Labute approximate surface area is 179 Å². The van der Waals surface area contributed by atoms with Crippen LogP contribution in [0.4, 0.5) is 14.5 Å². The first-order chi connectivity index (χ1) is 14.5. The molecule has 0 atom stereocenters. The molecule has 3 rings (SSSR count). The quantitative estimate of drug-likeness (QED) is 0.463. The van der Waals surface area contributed by atoms with Crippen LogP contribution in [0.2, 0.25) is 0 Å². The first-order valence-corrected chi connectivity index (χ1v) is 10.4. The number of alkyl halides is 2. The molecule has 11 heteroatoms. The molecule has 0 spiro atoms. The molecule has 7 nitrogen and oxygen atoms in total. The average molecular weight is 453 g/mol. The highest BCUT2D eigenvalue weighted by atomic mass is 32.2. The zero-order chi connectivity index (χ0) is 21.5. The van der Waals surface area contributed by atoms with Crippen molar-refractivity contribution in [2.45, 2.75) is 15.9 Å². The number of amides is 1. The van der Waals surface area contributed by atoms with Gasteiger partial charge in [0.15, 0.2) is 11.5 Å². The van der Waals surface area contributed by atoms with Crippen molar-refractivity contribution >= 4 is 35.1 Å². The Morgan fingerprint density at radius 3 is 2.50 bits per heavy atom. The van der Waals surface area contributed by atoms with Crippen LogP contribution in [0, 0.1) is 0 Å². The van der Waals surface area contributed by atoms with E-state index in [1.165, 1.54) is 19.2 Å². The minimum atomic E-state index is -2.49. The minimum absolute atomic E-state index is 0.0428. The Balaban J connectivity index is 1.55. The van der Waals surface area contributed by atoms with Crippen molar-refractivity contribution in [3.8, 4) is 23.0 Å². The fraction of sp³-hybridized carbons (Fsp3) is 0.211. The van der Waals surface area contributed by atoms with E-state index in [4.69, 9.17) is 13.9 Å². The molecular formula is C19H17F2N3O4S2.